The third-order valence-corrected chi connectivity index (χ3v) is 6.13. The molecular formula is C29H19N3O3. The van der Waals surface area contributed by atoms with Crippen LogP contribution in [0.1, 0.15) is 20.7 Å². The minimum atomic E-state index is -0.483. The predicted molar refractivity (Wildman–Crippen MR) is 137 cm³/mol. The maximum atomic E-state index is 14.0. The van der Waals surface area contributed by atoms with Gasteiger partial charge in [-0.15, -0.1) is 0 Å². The Bertz CT molecular complexity index is 1750. The summed E-state index contributed by atoms with van der Waals surface area (Å²) < 4.78 is 1.54. The van der Waals surface area contributed by atoms with E-state index in [1.807, 2.05) is 36.4 Å². The number of nitrogens with zero attached hydrogens (tertiary/aromatic N) is 2. The Kier molecular flexibility index (Phi) is 4.78. The molecule has 6 nitrogen and oxygen atoms in total. The molecule has 2 aromatic heterocycles. The number of amides is 2. The number of benzene rings is 4. The summed E-state index contributed by atoms with van der Waals surface area (Å²) in [6.45, 7) is 0. The zero-order valence-corrected chi connectivity index (χ0v) is 18.5. The van der Waals surface area contributed by atoms with Crippen molar-refractivity contribution >= 4 is 45.0 Å². The van der Waals surface area contributed by atoms with Gasteiger partial charge < -0.3 is 4.98 Å². The van der Waals surface area contributed by atoms with Gasteiger partial charge in [0.15, 0.2) is 0 Å². The summed E-state index contributed by atoms with van der Waals surface area (Å²) in [5.74, 6) is -0.965. The van der Waals surface area contributed by atoms with Crippen LogP contribution in [0.15, 0.2) is 114 Å². The molecule has 6 aromatic rings. The van der Waals surface area contributed by atoms with E-state index >= 15 is 0 Å². The normalized spacial score (nSPS) is 11.2. The smallest absolute Gasteiger partial charge is 0.265 e. The Labute approximate surface area is 199 Å². The first kappa shape index (κ1) is 20.6. The molecule has 35 heavy (non-hydrogen) atoms. The average molecular weight is 457 g/mol. The van der Waals surface area contributed by atoms with Gasteiger partial charge in [0.25, 0.3) is 17.4 Å². The molecule has 1 N–H and O–H groups in total. The predicted octanol–water partition coefficient (Wildman–Crippen LogP) is 5.42. The molecule has 0 fully saturated rings. The van der Waals surface area contributed by atoms with Gasteiger partial charge in [-0.05, 0) is 42.5 Å². The first-order valence-corrected chi connectivity index (χ1v) is 11.2. The standard InChI is InChI=1S/C29H19N3O3/c33-27(19-11-3-1-4-12-19)32(28(34)20-13-5-2-6-14-20)25-21-15-7-8-16-22(21)29(35)31-24-18-10-9-17-23(24)30-26(25)31/h1-18,30H. The lowest BCUT2D eigenvalue weighted by Gasteiger charge is -2.23. The van der Waals surface area contributed by atoms with Crippen molar-refractivity contribution in [3.8, 4) is 0 Å². The maximum Gasteiger partial charge on any atom is 0.265 e. The van der Waals surface area contributed by atoms with E-state index in [1.165, 1.54) is 9.30 Å². The summed E-state index contributed by atoms with van der Waals surface area (Å²) in [7, 11) is 0. The summed E-state index contributed by atoms with van der Waals surface area (Å²) in [6.07, 6.45) is 0. The summed E-state index contributed by atoms with van der Waals surface area (Å²) in [4.78, 5) is 45.9. The number of imide groups is 1. The number of anilines is 1. The number of hydrogen-bond donors (Lipinski definition) is 1. The lowest BCUT2D eigenvalue weighted by Crippen LogP contribution is -2.38. The van der Waals surface area contributed by atoms with E-state index in [0.717, 1.165) is 5.52 Å². The fraction of sp³-hybridized carbons (Fsp3) is 0. The van der Waals surface area contributed by atoms with Crippen LogP contribution in [-0.2, 0) is 0 Å². The van der Waals surface area contributed by atoms with E-state index in [0.29, 0.717) is 38.8 Å². The number of H-pyrrole nitrogens is 1. The van der Waals surface area contributed by atoms with E-state index in [2.05, 4.69) is 4.98 Å². The summed E-state index contributed by atoms with van der Waals surface area (Å²) >= 11 is 0. The van der Waals surface area contributed by atoms with Crippen molar-refractivity contribution in [3.05, 3.63) is 131 Å². The average Bonchev–Trinajstić information content (AvgIpc) is 3.31. The maximum absolute atomic E-state index is 14.0. The van der Waals surface area contributed by atoms with Gasteiger partial charge in [0.1, 0.15) is 11.3 Å². The van der Waals surface area contributed by atoms with Crippen molar-refractivity contribution in [2.75, 3.05) is 4.90 Å². The van der Waals surface area contributed by atoms with Gasteiger partial charge in [0.05, 0.1) is 11.0 Å². The Morgan fingerprint density at radius 2 is 1.14 bits per heavy atom. The number of aromatic amines is 1. The molecule has 168 valence electrons. The van der Waals surface area contributed by atoms with E-state index in [4.69, 9.17) is 0 Å². The number of pyridine rings is 1. The third kappa shape index (κ3) is 3.23. The van der Waals surface area contributed by atoms with Gasteiger partial charge in [-0.2, -0.15) is 0 Å². The minimum Gasteiger partial charge on any atom is -0.338 e. The lowest BCUT2D eigenvalue weighted by molar-refractivity contribution is 0.0898. The number of para-hydroxylation sites is 2. The number of nitrogens with one attached hydrogen (secondary N) is 1. The minimum absolute atomic E-state index is 0.226. The van der Waals surface area contributed by atoms with Gasteiger partial charge in [-0.25, -0.2) is 4.90 Å². The molecule has 0 bridgehead atoms. The summed E-state index contributed by atoms with van der Waals surface area (Å²) in [5.41, 5.74) is 2.60. The summed E-state index contributed by atoms with van der Waals surface area (Å²) in [6, 6.07) is 31.8. The first-order valence-electron chi connectivity index (χ1n) is 11.2. The number of rotatable bonds is 3. The molecule has 6 rings (SSSR count). The van der Waals surface area contributed by atoms with E-state index in [1.54, 1.807) is 72.8 Å². The molecule has 2 amide bonds. The molecule has 0 radical (unpaired) electrons. The molecular weight excluding hydrogens is 438 g/mol. The van der Waals surface area contributed by atoms with Gasteiger partial charge in [-0.1, -0.05) is 66.7 Å². The van der Waals surface area contributed by atoms with E-state index < -0.39 is 11.8 Å². The highest BCUT2D eigenvalue weighted by molar-refractivity contribution is 6.30. The lowest BCUT2D eigenvalue weighted by atomic mass is 10.1. The number of hydrogen-bond acceptors (Lipinski definition) is 3. The van der Waals surface area contributed by atoms with Crippen molar-refractivity contribution in [2.45, 2.75) is 0 Å². The highest BCUT2D eigenvalue weighted by Gasteiger charge is 2.31. The van der Waals surface area contributed by atoms with Crippen molar-refractivity contribution in [1.82, 2.24) is 9.38 Å². The Balaban J connectivity index is 1.76. The topological polar surface area (TPSA) is 74.7 Å². The molecule has 0 spiro atoms. The van der Waals surface area contributed by atoms with Crippen molar-refractivity contribution in [3.63, 3.8) is 0 Å². The van der Waals surface area contributed by atoms with Crippen molar-refractivity contribution < 1.29 is 9.59 Å². The molecule has 4 aromatic carbocycles. The number of imidazole rings is 1. The molecule has 0 aliphatic rings. The van der Waals surface area contributed by atoms with Crippen molar-refractivity contribution in [2.24, 2.45) is 0 Å². The second kappa shape index (κ2) is 8.11. The molecule has 2 heterocycles. The second-order valence-electron chi connectivity index (χ2n) is 8.20. The number of fused-ring (bicyclic) bond motifs is 4. The number of carbonyl (C=O) groups is 2. The van der Waals surface area contributed by atoms with Gasteiger partial charge >= 0.3 is 0 Å². The Morgan fingerprint density at radius 3 is 1.77 bits per heavy atom. The Morgan fingerprint density at radius 1 is 0.629 bits per heavy atom. The van der Waals surface area contributed by atoms with Gasteiger partial charge in [0.2, 0.25) is 0 Å². The molecule has 0 aliphatic carbocycles. The van der Waals surface area contributed by atoms with Crippen LogP contribution in [0.4, 0.5) is 5.69 Å². The first-order chi connectivity index (χ1) is 17.1. The third-order valence-electron chi connectivity index (χ3n) is 6.13. The fourth-order valence-corrected chi connectivity index (χ4v) is 4.52. The zero-order valence-electron chi connectivity index (χ0n) is 18.5. The van der Waals surface area contributed by atoms with Crippen LogP contribution in [0.25, 0.3) is 27.5 Å². The fourth-order valence-electron chi connectivity index (χ4n) is 4.52. The molecule has 6 heteroatoms. The van der Waals surface area contributed by atoms with Crippen LogP contribution in [-0.4, -0.2) is 21.2 Å². The van der Waals surface area contributed by atoms with Gasteiger partial charge in [-0.3, -0.25) is 18.8 Å². The van der Waals surface area contributed by atoms with E-state index in [9.17, 15) is 14.4 Å². The van der Waals surface area contributed by atoms with Crippen LogP contribution in [0, 0.1) is 0 Å². The monoisotopic (exact) mass is 457 g/mol. The van der Waals surface area contributed by atoms with E-state index in [-0.39, 0.29) is 5.56 Å². The molecule has 0 saturated heterocycles. The zero-order chi connectivity index (χ0) is 23.9. The van der Waals surface area contributed by atoms with Crippen LogP contribution < -0.4 is 10.5 Å². The largest absolute Gasteiger partial charge is 0.338 e. The number of carbonyl (C=O) groups excluding carboxylic acids is 2. The molecule has 0 aliphatic heterocycles. The van der Waals surface area contributed by atoms with Crippen LogP contribution in [0.2, 0.25) is 0 Å². The number of aromatic nitrogens is 2. The second-order valence-corrected chi connectivity index (χ2v) is 8.20. The quantitative estimate of drug-likeness (QED) is 0.361. The van der Waals surface area contributed by atoms with Crippen LogP contribution >= 0.6 is 0 Å². The highest BCUT2D eigenvalue weighted by atomic mass is 16.2. The summed E-state index contributed by atoms with van der Waals surface area (Å²) in [5, 5.41) is 0.925. The highest BCUT2D eigenvalue weighted by Crippen LogP contribution is 2.33. The van der Waals surface area contributed by atoms with Crippen molar-refractivity contribution in [1.29, 1.82) is 0 Å². The molecule has 0 saturated carbocycles. The van der Waals surface area contributed by atoms with Gasteiger partial charge in [0, 0.05) is 21.9 Å². The van der Waals surface area contributed by atoms with Crippen LogP contribution in [0.3, 0.4) is 0 Å². The molecule has 0 unspecified atom stereocenters. The van der Waals surface area contributed by atoms with Crippen LogP contribution in [0.5, 0.6) is 0 Å². The Hall–Kier alpha value is -4.97. The molecule has 0 atom stereocenters. The SMILES string of the molecule is O=C(c1ccccc1)N(C(=O)c1ccccc1)c1c2ccccc2c(=O)n2c1[nH]c1ccccc12.